The van der Waals surface area contributed by atoms with Gasteiger partial charge in [-0.05, 0) is 13.8 Å². The Bertz CT molecular complexity index is 1060. The highest BCUT2D eigenvalue weighted by Crippen LogP contribution is 2.32. The molecule has 0 bridgehead atoms. The van der Waals surface area contributed by atoms with Gasteiger partial charge >= 0.3 is 0 Å². The third-order valence-electron chi connectivity index (χ3n) is 4.71. The summed E-state index contributed by atoms with van der Waals surface area (Å²) in [6, 6.07) is 19.8. The first-order valence-electron chi connectivity index (χ1n) is 9.92. The van der Waals surface area contributed by atoms with Gasteiger partial charge in [-0.1, -0.05) is 60.7 Å². The van der Waals surface area contributed by atoms with Gasteiger partial charge in [-0.3, -0.25) is 4.79 Å². The number of benzene rings is 2. The maximum absolute atomic E-state index is 12.4. The normalized spacial score (nSPS) is 11.9. The largest absolute Gasteiger partial charge is 0.440 e. The number of hydrogen-bond acceptors (Lipinski definition) is 5. The minimum absolute atomic E-state index is 0.0453. The molecular weight excluding hydrogens is 394 g/mol. The van der Waals surface area contributed by atoms with Gasteiger partial charge in [-0.15, -0.1) is 11.3 Å². The number of carbonyl (C=O) groups is 1. The van der Waals surface area contributed by atoms with Gasteiger partial charge in [0.2, 0.25) is 5.91 Å². The van der Waals surface area contributed by atoms with E-state index in [2.05, 4.69) is 10.3 Å². The quantitative estimate of drug-likeness (QED) is 0.426. The van der Waals surface area contributed by atoms with E-state index in [1.807, 2.05) is 79.9 Å². The van der Waals surface area contributed by atoms with Crippen molar-refractivity contribution in [1.29, 1.82) is 0 Å². The molecule has 4 rings (SSSR count). The number of aromatic nitrogens is 2. The minimum Gasteiger partial charge on any atom is -0.440 e. The van der Waals surface area contributed by atoms with Crippen molar-refractivity contribution in [2.45, 2.75) is 32.7 Å². The Morgan fingerprint density at radius 3 is 2.33 bits per heavy atom. The first-order chi connectivity index (χ1) is 14.6. The number of amides is 1. The van der Waals surface area contributed by atoms with Gasteiger partial charge in [0, 0.05) is 35.0 Å². The molecule has 5 nitrogen and oxygen atoms in total. The van der Waals surface area contributed by atoms with Crippen LogP contribution in [0.3, 0.4) is 0 Å². The van der Waals surface area contributed by atoms with Gasteiger partial charge in [0.05, 0.1) is 6.04 Å². The number of aryl methyl sites for hydroxylation is 2. The minimum atomic E-state index is -0.111. The van der Waals surface area contributed by atoms with Gasteiger partial charge in [-0.2, -0.15) is 0 Å². The highest BCUT2D eigenvalue weighted by Gasteiger charge is 2.18. The Hall–Kier alpha value is -3.25. The predicted molar refractivity (Wildman–Crippen MR) is 119 cm³/mol. The van der Waals surface area contributed by atoms with Gasteiger partial charge < -0.3 is 9.73 Å². The first-order valence-corrected chi connectivity index (χ1v) is 10.8. The lowest BCUT2D eigenvalue weighted by Crippen LogP contribution is -2.26. The lowest BCUT2D eigenvalue weighted by Gasteiger charge is -2.10. The second-order valence-corrected chi connectivity index (χ2v) is 8.02. The van der Waals surface area contributed by atoms with E-state index in [0.717, 1.165) is 33.3 Å². The molecule has 1 amide bonds. The van der Waals surface area contributed by atoms with E-state index < -0.39 is 0 Å². The first kappa shape index (κ1) is 20.0. The molecule has 2 aromatic carbocycles. The van der Waals surface area contributed by atoms with Crippen molar-refractivity contribution in [3.63, 3.8) is 0 Å². The number of carbonyl (C=O) groups excluding carboxylic acids is 1. The van der Waals surface area contributed by atoms with Crippen molar-refractivity contribution < 1.29 is 9.21 Å². The SMILES string of the molecule is Cc1csc(C(C)NC(=O)CCc2nc(-c3ccccc3)c(-c3ccccc3)o2)n1. The van der Waals surface area contributed by atoms with Crippen molar-refractivity contribution in [1.82, 2.24) is 15.3 Å². The Morgan fingerprint density at radius 2 is 1.70 bits per heavy atom. The average molecular weight is 418 g/mol. The van der Waals surface area contributed by atoms with E-state index in [1.165, 1.54) is 0 Å². The van der Waals surface area contributed by atoms with E-state index in [4.69, 9.17) is 9.40 Å². The van der Waals surface area contributed by atoms with Crippen LogP contribution in [0, 0.1) is 6.92 Å². The van der Waals surface area contributed by atoms with Crippen molar-refractivity contribution >= 4 is 17.2 Å². The fourth-order valence-electron chi connectivity index (χ4n) is 3.22. The van der Waals surface area contributed by atoms with Crippen LogP contribution in [0.5, 0.6) is 0 Å². The molecule has 1 unspecified atom stereocenters. The zero-order valence-electron chi connectivity index (χ0n) is 17.0. The molecule has 0 fully saturated rings. The fourth-order valence-corrected chi connectivity index (χ4v) is 4.02. The van der Waals surface area contributed by atoms with Crippen LogP contribution >= 0.6 is 11.3 Å². The number of hydrogen-bond donors (Lipinski definition) is 1. The molecular formula is C24H23N3O2S. The highest BCUT2D eigenvalue weighted by atomic mass is 32.1. The van der Waals surface area contributed by atoms with Crippen LogP contribution in [0.4, 0.5) is 0 Å². The molecule has 2 heterocycles. The molecule has 0 aliphatic rings. The Balaban J connectivity index is 1.49. The van der Waals surface area contributed by atoms with Gasteiger partial charge in [-0.25, -0.2) is 9.97 Å². The lowest BCUT2D eigenvalue weighted by atomic mass is 10.1. The number of oxazole rings is 1. The number of rotatable bonds is 7. The predicted octanol–water partition coefficient (Wildman–Crippen LogP) is 5.58. The molecule has 4 aromatic rings. The van der Waals surface area contributed by atoms with Crippen LogP contribution in [0.1, 0.15) is 36.0 Å². The van der Waals surface area contributed by atoms with Crippen molar-refractivity contribution in [2.24, 2.45) is 0 Å². The van der Waals surface area contributed by atoms with Crippen LogP contribution < -0.4 is 5.32 Å². The molecule has 0 aliphatic carbocycles. The van der Waals surface area contributed by atoms with E-state index >= 15 is 0 Å². The molecule has 6 heteroatoms. The fraction of sp³-hybridized carbons (Fsp3) is 0.208. The zero-order valence-corrected chi connectivity index (χ0v) is 17.8. The Labute approximate surface area is 179 Å². The molecule has 0 saturated carbocycles. The maximum Gasteiger partial charge on any atom is 0.221 e. The third kappa shape index (κ3) is 4.66. The summed E-state index contributed by atoms with van der Waals surface area (Å²) in [5.41, 5.74) is 3.72. The van der Waals surface area contributed by atoms with Gasteiger partial charge in [0.25, 0.3) is 0 Å². The van der Waals surface area contributed by atoms with Crippen LogP contribution in [0.25, 0.3) is 22.6 Å². The summed E-state index contributed by atoms with van der Waals surface area (Å²) < 4.78 is 6.10. The van der Waals surface area contributed by atoms with Crippen molar-refractivity contribution in [2.75, 3.05) is 0 Å². The smallest absolute Gasteiger partial charge is 0.221 e. The van der Waals surface area contributed by atoms with Gasteiger partial charge in [0.15, 0.2) is 11.7 Å². The summed E-state index contributed by atoms with van der Waals surface area (Å²) in [6.45, 7) is 3.90. The highest BCUT2D eigenvalue weighted by molar-refractivity contribution is 7.09. The molecule has 30 heavy (non-hydrogen) atoms. The summed E-state index contributed by atoms with van der Waals surface area (Å²) >= 11 is 1.56. The molecule has 152 valence electrons. The standard InChI is InChI=1S/C24H23N3O2S/c1-16-15-30-24(25-16)17(2)26-20(28)13-14-21-27-22(18-9-5-3-6-10-18)23(29-21)19-11-7-4-8-12-19/h3-12,15,17H,13-14H2,1-2H3,(H,26,28). The third-order valence-corrected chi connectivity index (χ3v) is 5.85. The number of nitrogens with one attached hydrogen (secondary N) is 1. The van der Waals surface area contributed by atoms with Crippen LogP contribution in [-0.2, 0) is 11.2 Å². The number of nitrogens with zero attached hydrogens (tertiary/aromatic N) is 2. The van der Waals surface area contributed by atoms with Crippen LogP contribution in [-0.4, -0.2) is 15.9 Å². The van der Waals surface area contributed by atoms with E-state index in [0.29, 0.717) is 18.7 Å². The zero-order chi connectivity index (χ0) is 20.9. The van der Waals surface area contributed by atoms with E-state index in [9.17, 15) is 4.79 Å². The molecule has 1 atom stereocenters. The van der Waals surface area contributed by atoms with Crippen molar-refractivity contribution in [3.05, 3.63) is 82.6 Å². The molecule has 0 aliphatic heterocycles. The van der Waals surface area contributed by atoms with Crippen LogP contribution in [0.2, 0.25) is 0 Å². The van der Waals surface area contributed by atoms with Crippen LogP contribution in [0.15, 0.2) is 70.5 Å². The maximum atomic E-state index is 12.4. The Morgan fingerprint density at radius 1 is 1.03 bits per heavy atom. The van der Waals surface area contributed by atoms with E-state index in [1.54, 1.807) is 11.3 Å². The molecule has 0 radical (unpaired) electrons. The average Bonchev–Trinajstić information content (AvgIpc) is 3.40. The lowest BCUT2D eigenvalue weighted by molar-refractivity contribution is -0.121. The topological polar surface area (TPSA) is 68.0 Å². The summed E-state index contributed by atoms with van der Waals surface area (Å²) in [5, 5.41) is 5.90. The van der Waals surface area contributed by atoms with Gasteiger partial charge in [0.1, 0.15) is 10.7 Å². The second-order valence-electron chi connectivity index (χ2n) is 7.13. The molecule has 0 spiro atoms. The molecule has 0 saturated heterocycles. The summed E-state index contributed by atoms with van der Waals surface area (Å²) in [7, 11) is 0. The second kappa shape index (κ2) is 9.05. The summed E-state index contributed by atoms with van der Waals surface area (Å²) in [6.07, 6.45) is 0.736. The summed E-state index contributed by atoms with van der Waals surface area (Å²) in [4.78, 5) is 21.6. The monoisotopic (exact) mass is 417 g/mol. The summed E-state index contributed by atoms with van der Waals surface area (Å²) in [5.74, 6) is 1.24. The van der Waals surface area contributed by atoms with Crippen molar-refractivity contribution in [3.8, 4) is 22.6 Å². The Kier molecular flexibility index (Phi) is 6.05. The number of thiazole rings is 1. The van der Waals surface area contributed by atoms with E-state index in [-0.39, 0.29) is 11.9 Å². The molecule has 2 aromatic heterocycles. The molecule has 1 N–H and O–H groups in total.